The van der Waals surface area contributed by atoms with Crippen molar-refractivity contribution in [1.29, 1.82) is 0 Å². The monoisotopic (exact) mass is 239 g/mol. The molecule has 0 amide bonds. The molecule has 0 aliphatic heterocycles. The Morgan fingerprint density at radius 2 is 2.00 bits per heavy atom. The SMILES string of the molecule is C#CCNCc1ccc(OCCC)cc1.Cl. The molecule has 0 atom stereocenters. The summed E-state index contributed by atoms with van der Waals surface area (Å²) in [7, 11) is 0. The van der Waals surface area contributed by atoms with Crippen LogP contribution in [0.1, 0.15) is 18.9 Å². The Balaban J connectivity index is 0.00000225. The average molecular weight is 240 g/mol. The number of ether oxygens (including phenoxy) is 1. The van der Waals surface area contributed by atoms with Gasteiger partial charge < -0.3 is 10.1 Å². The summed E-state index contributed by atoms with van der Waals surface area (Å²) < 4.78 is 5.48. The van der Waals surface area contributed by atoms with Gasteiger partial charge >= 0.3 is 0 Å². The molecule has 0 aromatic heterocycles. The molecule has 0 saturated heterocycles. The number of rotatable bonds is 6. The first-order valence-corrected chi connectivity index (χ1v) is 5.22. The summed E-state index contributed by atoms with van der Waals surface area (Å²) in [5.41, 5.74) is 1.22. The molecule has 0 bridgehead atoms. The van der Waals surface area contributed by atoms with E-state index in [1.54, 1.807) is 0 Å². The van der Waals surface area contributed by atoms with Gasteiger partial charge in [-0.3, -0.25) is 0 Å². The fourth-order valence-corrected chi connectivity index (χ4v) is 1.20. The minimum atomic E-state index is 0. The molecular weight excluding hydrogens is 222 g/mol. The van der Waals surface area contributed by atoms with Gasteiger partial charge in [0.1, 0.15) is 5.75 Å². The normalized spacial score (nSPS) is 9.00. The van der Waals surface area contributed by atoms with Crippen molar-refractivity contribution in [3.05, 3.63) is 29.8 Å². The Hall–Kier alpha value is -1.17. The quantitative estimate of drug-likeness (QED) is 0.609. The first-order chi connectivity index (χ1) is 7.36. The third-order valence-electron chi connectivity index (χ3n) is 1.95. The highest BCUT2D eigenvalue weighted by Gasteiger charge is 1.94. The summed E-state index contributed by atoms with van der Waals surface area (Å²) in [5.74, 6) is 3.47. The molecule has 3 heteroatoms. The summed E-state index contributed by atoms with van der Waals surface area (Å²) in [6, 6.07) is 8.08. The molecule has 0 radical (unpaired) electrons. The first-order valence-electron chi connectivity index (χ1n) is 5.22. The van der Waals surface area contributed by atoms with Gasteiger partial charge in [0, 0.05) is 6.54 Å². The standard InChI is InChI=1S/C13H17NO.ClH/c1-3-9-14-11-12-5-7-13(8-6-12)15-10-4-2;/h1,5-8,14H,4,9-11H2,2H3;1H. The van der Waals surface area contributed by atoms with E-state index in [1.165, 1.54) is 5.56 Å². The summed E-state index contributed by atoms with van der Waals surface area (Å²) in [6.45, 7) is 4.28. The lowest BCUT2D eigenvalue weighted by Gasteiger charge is -2.05. The van der Waals surface area contributed by atoms with Crippen LogP contribution in [0, 0.1) is 12.3 Å². The van der Waals surface area contributed by atoms with Crippen LogP contribution >= 0.6 is 12.4 Å². The Morgan fingerprint density at radius 3 is 2.56 bits per heavy atom. The van der Waals surface area contributed by atoms with E-state index < -0.39 is 0 Å². The van der Waals surface area contributed by atoms with Gasteiger partial charge in [-0.1, -0.05) is 25.0 Å². The van der Waals surface area contributed by atoms with Crippen molar-refractivity contribution in [2.45, 2.75) is 19.9 Å². The summed E-state index contributed by atoms with van der Waals surface area (Å²) >= 11 is 0. The number of terminal acetylenes is 1. The van der Waals surface area contributed by atoms with Crippen LogP contribution in [-0.2, 0) is 6.54 Å². The second kappa shape index (κ2) is 9.08. The molecule has 0 aliphatic rings. The largest absolute Gasteiger partial charge is 0.494 e. The molecule has 1 N–H and O–H groups in total. The third-order valence-corrected chi connectivity index (χ3v) is 1.95. The predicted molar refractivity (Wildman–Crippen MR) is 70.0 cm³/mol. The Labute approximate surface area is 104 Å². The summed E-state index contributed by atoms with van der Waals surface area (Å²) in [4.78, 5) is 0. The molecule has 16 heavy (non-hydrogen) atoms. The second-order valence-corrected chi connectivity index (χ2v) is 3.30. The van der Waals surface area contributed by atoms with Crippen LogP contribution in [0.3, 0.4) is 0 Å². The van der Waals surface area contributed by atoms with Gasteiger partial charge in [-0.25, -0.2) is 0 Å². The van der Waals surface area contributed by atoms with Crippen LogP contribution in [0.5, 0.6) is 5.75 Å². The number of hydrogen-bond donors (Lipinski definition) is 1. The highest BCUT2D eigenvalue weighted by molar-refractivity contribution is 5.85. The Kier molecular flexibility index (Phi) is 8.42. The van der Waals surface area contributed by atoms with Crippen molar-refractivity contribution in [3.8, 4) is 18.1 Å². The van der Waals surface area contributed by atoms with Crippen LogP contribution in [0.25, 0.3) is 0 Å². The lowest BCUT2D eigenvalue weighted by Crippen LogP contribution is -2.12. The fourth-order valence-electron chi connectivity index (χ4n) is 1.20. The van der Waals surface area contributed by atoms with Crippen molar-refractivity contribution in [2.24, 2.45) is 0 Å². The van der Waals surface area contributed by atoms with Crippen molar-refractivity contribution in [2.75, 3.05) is 13.2 Å². The second-order valence-electron chi connectivity index (χ2n) is 3.30. The summed E-state index contributed by atoms with van der Waals surface area (Å²) in [6.07, 6.45) is 6.17. The Morgan fingerprint density at radius 1 is 1.31 bits per heavy atom. The van der Waals surface area contributed by atoms with Crippen LogP contribution in [0.15, 0.2) is 24.3 Å². The van der Waals surface area contributed by atoms with E-state index in [9.17, 15) is 0 Å². The number of benzene rings is 1. The molecular formula is C13H18ClNO. The smallest absolute Gasteiger partial charge is 0.119 e. The van der Waals surface area contributed by atoms with E-state index in [0.717, 1.165) is 25.3 Å². The Bertz CT molecular complexity index is 316. The maximum absolute atomic E-state index is 5.48. The van der Waals surface area contributed by atoms with Gasteiger partial charge in [0.15, 0.2) is 0 Å². The molecule has 0 heterocycles. The van der Waals surface area contributed by atoms with Crippen molar-refractivity contribution in [1.82, 2.24) is 5.32 Å². The molecule has 0 aliphatic carbocycles. The number of hydrogen-bond acceptors (Lipinski definition) is 2. The summed E-state index contributed by atoms with van der Waals surface area (Å²) in [5, 5.41) is 3.14. The highest BCUT2D eigenvalue weighted by atomic mass is 35.5. The molecule has 0 spiro atoms. The highest BCUT2D eigenvalue weighted by Crippen LogP contribution is 2.12. The van der Waals surface area contributed by atoms with E-state index in [1.807, 2.05) is 12.1 Å². The first kappa shape index (κ1) is 14.8. The van der Waals surface area contributed by atoms with Gasteiger partial charge in [-0.15, -0.1) is 18.8 Å². The molecule has 0 saturated carbocycles. The minimum absolute atomic E-state index is 0. The minimum Gasteiger partial charge on any atom is -0.494 e. The van der Waals surface area contributed by atoms with E-state index in [4.69, 9.17) is 11.2 Å². The van der Waals surface area contributed by atoms with Gasteiger partial charge in [0.2, 0.25) is 0 Å². The van der Waals surface area contributed by atoms with E-state index in [-0.39, 0.29) is 12.4 Å². The van der Waals surface area contributed by atoms with E-state index >= 15 is 0 Å². The molecule has 88 valence electrons. The van der Waals surface area contributed by atoms with Gasteiger partial charge in [0.05, 0.1) is 13.2 Å². The topological polar surface area (TPSA) is 21.3 Å². The van der Waals surface area contributed by atoms with Gasteiger partial charge in [0.25, 0.3) is 0 Å². The van der Waals surface area contributed by atoms with Crippen molar-refractivity contribution in [3.63, 3.8) is 0 Å². The molecule has 0 unspecified atom stereocenters. The van der Waals surface area contributed by atoms with Crippen LogP contribution in [0.2, 0.25) is 0 Å². The molecule has 2 nitrogen and oxygen atoms in total. The van der Waals surface area contributed by atoms with E-state index in [0.29, 0.717) is 6.54 Å². The maximum atomic E-state index is 5.48. The van der Waals surface area contributed by atoms with Crippen molar-refractivity contribution < 1.29 is 4.74 Å². The molecule has 1 aromatic carbocycles. The average Bonchev–Trinajstić information content (AvgIpc) is 2.28. The zero-order valence-corrected chi connectivity index (χ0v) is 10.3. The van der Waals surface area contributed by atoms with Crippen molar-refractivity contribution >= 4 is 12.4 Å². The molecule has 1 aromatic rings. The maximum Gasteiger partial charge on any atom is 0.119 e. The van der Waals surface area contributed by atoms with Crippen LogP contribution in [0.4, 0.5) is 0 Å². The van der Waals surface area contributed by atoms with Crippen LogP contribution < -0.4 is 10.1 Å². The third kappa shape index (κ3) is 5.65. The lowest BCUT2D eigenvalue weighted by molar-refractivity contribution is 0.317. The van der Waals surface area contributed by atoms with Gasteiger partial charge in [-0.2, -0.15) is 0 Å². The van der Waals surface area contributed by atoms with Gasteiger partial charge in [-0.05, 0) is 24.1 Å². The molecule has 0 fully saturated rings. The molecule has 1 rings (SSSR count). The lowest BCUT2D eigenvalue weighted by atomic mass is 10.2. The fraction of sp³-hybridized carbons (Fsp3) is 0.385. The zero-order valence-electron chi connectivity index (χ0n) is 9.53. The zero-order chi connectivity index (χ0) is 10.9. The predicted octanol–water partition coefficient (Wildman–Crippen LogP) is 2.62. The number of nitrogens with one attached hydrogen (secondary N) is 1. The van der Waals surface area contributed by atoms with E-state index in [2.05, 4.69) is 30.3 Å². The number of halogens is 1. The van der Waals surface area contributed by atoms with Crippen LogP contribution in [-0.4, -0.2) is 13.2 Å².